The Morgan fingerprint density at radius 1 is 1.43 bits per heavy atom. The number of rotatable bonds is 5. The Kier molecular flexibility index (Phi) is 3.58. The van der Waals surface area contributed by atoms with Gasteiger partial charge in [-0.15, -0.1) is 0 Å². The van der Waals surface area contributed by atoms with Crippen molar-refractivity contribution in [3.63, 3.8) is 0 Å². The fourth-order valence-corrected chi connectivity index (χ4v) is 1.16. The van der Waals surface area contributed by atoms with E-state index in [4.69, 9.17) is 10.2 Å². The summed E-state index contributed by atoms with van der Waals surface area (Å²) in [5.41, 5.74) is 5.84. The second-order valence-electron chi connectivity index (χ2n) is 4.46. The van der Waals surface area contributed by atoms with Gasteiger partial charge in [0.25, 0.3) is 0 Å². The van der Waals surface area contributed by atoms with Crippen LogP contribution in [0.25, 0.3) is 0 Å². The zero-order chi connectivity index (χ0) is 10.6. The van der Waals surface area contributed by atoms with E-state index in [-0.39, 0.29) is 5.41 Å². The van der Waals surface area contributed by atoms with Gasteiger partial charge in [0.15, 0.2) is 5.88 Å². The second-order valence-corrected chi connectivity index (χ2v) is 4.46. The van der Waals surface area contributed by atoms with E-state index in [0.29, 0.717) is 6.54 Å². The van der Waals surface area contributed by atoms with Crippen molar-refractivity contribution in [3.8, 4) is 0 Å². The molecule has 0 aliphatic carbocycles. The fourth-order valence-electron chi connectivity index (χ4n) is 1.16. The minimum Gasteiger partial charge on any atom is -0.446 e. The molecule has 0 fully saturated rings. The number of anilines is 1. The van der Waals surface area contributed by atoms with E-state index in [1.165, 1.54) is 0 Å². The van der Waals surface area contributed by atoms with E-state index >= 15 is 0 Å². The van der Waals surface area contributed by atoms with Gasteiger partial charge in [0.1, 0.15) is 5.76 Å². The molecule has 1 aromatic rings. The third kappa shape index (κ3) is 3.42. The first-order chi connectivity index (χ1) is 6.53. The van der Waals surface area contributed by atoms with Crippen LogP contribution in [0.3, 0.4) is 0 Å². The Labute approximate surface area is 85.7 Å². The molecule has 0 saturated carbocycles. The molecule has 0 amide bonds. The zero-order valence-corrected chi connectivity index (χ0v) is 9.26. The van der Waals surface area contributed by atoms with Crippen molar-refractivity contribution in [2.24, 2.45) is 11.1 Å². The summed E-state index contributed by atoms with van der Waals surface area (Å²) in [5.74, 6) is 1.78. The largest absolute Gasteiger partial charge is 0.446 e. The third-order valence-corrected chi connectivity index (χ3v) is 2.39. The van der Waals surface area contributed by atoms with E-state index in [2.05, 4.69) is 19.2 Å². The number of hydrogen-bond donors (Lipinski definition) is 2. The lowest BCUT2D eigenvalue weighted by molar-refractivity contribution is 0.356. The molecular formula is C11H20N2O. The highest BCUT2D eigenvalue weighted by atomic mass is 16.4. The number of aryl methyl sites for hydroxylation is 1. The molecule has 3 heteroatoms. The Bertz CT molecular complexity index is 279. The number of nitrogens with one attached hydrogen (secondary N) is 1. The van der Waals surface area contributed by atoms with Crippen LogP contribution in [0.2, 0.25) is 0 Å². The van der Waals surface area contributed by atoms with Crippen molar-refractivity contribution in [2.75, 3.05) is 18.4 Å². The highest BCUT2D eigenvalue weighted by molar-refractivity contribution is 5.31. The molecule has 0 unspecified atom stereocenters. The summed E-state index contributed by atoms with van der Waals surface area (Å²) in [6.07, 6.45) is 1.04. The molecule has 14 heavy (non-hydrogen) atoms. The molecule has 0 aromatic carbocycles. The van der Waals surface area contributed by atoms with Crippen LogP contribution in [-0.4, -0.2) is 13.1 Å². The smallest absolute Gasteiger partial charge is 0.193 e. The normalized spacial score (nSPS) is 11.7. The maximum atomic E-state index is 5.64. The van der Waals surface area contributed by atoms with Gasteiger partial charge in [0.05, 0.1) is 0 Å². The van der Waals surface area contributed by atoms with Crippen molar-refractivity contribution >= 4 is 5.88 Å². The van der Waals surface area contributed by atoms with Crippen LogP contribution in [0.5, 0.6) is 0 Å². The van der Waals surface area contributed by atoms with Crippen molar-refractivity contribution in [3.05, 3.63) is 17.9 Å². The third-order valence-electron chi connectivity index (χ3n) is 2.39. The van der Waals surface area contributed by atoms with Crippen LogP contribution in [0.15, 0.2) is 16.5 Å². The lowest BCUT2D eigenvalue weighted by atomic mass is 9.90. The molecule has 0 aliphatic heterocycles. The maximum Gasteiger partial charge on any atom is 0.193 e. The Balaban J connectivity index is 2.28. The topological polar surface area (TPSA) is 51.2 Å². The van der Waals surface area contributed by atoms with E-state index in [9.17, 15) is 0 Å². The van der Waals surface area contributed by atoms with E-state index in [1.54, 1.807) is 0 Å². The molecule has 0 atom stereocenters. The molecule has 1 heterocycles. The minimum atomic E-state index is 0.203. The Morgan fingerprint density at radius 3 is 2.64 bits per heavy atom. The first kappa shape index (κ1) is 11.1. The number of furan rings is 1. The van der Waals surface area contributed by atoms with Crippen molar-refractivity contribution in [2.45, 2.75) is 27.2 Å². The van der Waals surface area contributed by atoms with Gasteiger partial charge in [-0.2, -0.15) is 0 Å². The summed E-state index contributed by atoms with van der Waals surface area (Å²) in [7, 11) is 0. The van der Waals surface area contributed by atoms with Crippen molar-refractivity contribution in [1.82, 2.24) is 0 Å². The summed E-state index contributed by atoms with van der Waals surface area (Å²) in [5, 5.41) is 3.23. The van der Waals surface area contributed by atoms with Gasteiger partial charge in [-0.25, -0.2) is 0 Å². The predicted octanol–water partition coefficient (Wildman–Crippen LogP) is 2.37. The lowest BCUT2D eigenvalue weighted by Crippen LogP contribution is -2.26. The first-order valence-electron chi connectivity index (χ1n) is 5.04. The molecule has 0 spiro atoms. The molecule has 3 nitrogen and oxygen atoms in total. The summed E-state index contributed by atoms with van der Waals surface area (Å²) in [4.78, 5) is 0. The average Bonchev–Trinajstić information content (AvgIpc) is 2.51. The maximum absolute atomic E-state index is 5.64. The second kappa shape index (κ2) is 4.51. The quantitative estimate of drug-likeness (QED) is 0.760. The van der Waals surface area contributed by atoms with Gasteiger partial charge in [-0.1, -0.05) is 13.8 Å². The molecule has 0 radical (unpaired) electrons. The molecule has 1 aromatic heterocycles. The van der Waals surface area contributed by atoms with Crippen LogP contribution in [0.1, 0.15) is 26.0 Å². The molecule has 0 bridgehead atoms. The molecule has 0 saturated heterocycles. The first-order valence-corrected chi connectivity index (χ1v) is 5.04. The fraction of sp³-hybridized carbons (Fsp3) is 0.636. The monoisotopic (exact) mass is 196 g/mol. The number of nitrogens with two attached hydrogens (primary N) is 1. The molecule has 3 N–H and O–H groups in total. The average molecular weight is 196 g/mol. The molecule has 1 rings (SSSR count). The predicted molar refractivity (Wildman–Crippen MR) is 59.4 cm³/mol. The van der Waals surface area contributed by atoms with Crippen LogP contribution >= 0.6 is 0 Å². The van der Waals surface area contributed by atoms with Crippen molar-refractivity contribution in [1.29, 1.82) is 0 Å². The molecular weight excluding hydrogens is 176 g/mol. The highest BCUT2D eigenvalue weighted by Gasteiger charge is 2.14. The Hall–Kier alpha value is -0.960. The minimum absolute atomic E-state index is 0.203. The zero-order valence-electron chi connectivity index (χ0n) is 9.26. The molecule has 0 aliphatic rings. The SMILES string of the molecule is Cc1ccc(NCCC(C)(C)CN)o1. The van der Waals surface area contributed by atoms with Crippen molar-refractivity contribution < 1.29 is 4.42 Å². The highest BCUT2D eigenvalue weighted by Crippen LogP contribution is 2.19. The van der Waals surface area contributed by atoms with Gasteiger partial charge in [-0.05, 0) is 31.4 Å². The van der Waals surface area contributed by atoms with Crippen LogP contribution < -0.4 is 11.1 Å². The van der Waals surface area contributed by atoms with Crippen LogP contribution in [0, 0.1) is 12.3 Å². The summed E-state index contributed by atoms with van der Waals surface area (Å²) in [6.45, 7) is 7.89. The van der Waals surface area contributed by atoms with E-state index < -0.39 is 0 Å². The molecule has 80 valence electrons. The summed E-state index contributed by atoms with van der Waals surface area (Å²) >= 11 is 0. The van der Waals surface area contributed by atoms with Gasteiger partial charge in [0, 0.05) is 12.6 Å². The van der Waals surface area contributed by atoms with E-state index in [0.717, 1.165) is 24.6 Å². The standard InChI is InChI=1S/C11H20N2O/c1-9-4-5-10(14-9)13-7-6-11(2,3)8-12/h4-5,13H,6-8,12H2,1-3H3. The van der Waals surface area contributed by atoms with E-state index in [1.807, 2.05) is 19.1 Å². The number of hydrogen-bond acceptors (Lipinski definition) is 3. The lowest BCUT2D eigenvalue weighted by Gasteiger charge is -2.21. The summed E-state index contributed by atoms with van der Waals surface area (Å²) < 4.78 is 5.39. The summed E-state index contributed by atoms with van der Waals surface area (Å²) in [6, 6.07) is 3.90. The van der Waals surface area contributed by atoms with Gasteiger partial charge >= 0.3 is 0 Å². The van der Waals surface area contributed by atoms with Crippen LogP contribution in [0.4, 0.5) is 5.88 Å². The van der Waals surface area contributed by atoms with Gasteiger partial charge < -0.3 is 15.5 Å². The van der Waals surface area contributed by atoms with Gasteiger partial charge in [0.2, 0.25) is 0 Å². The van der Waals surface area contributed by atoms with Gasteiger partial charge in [-0.3, -0.25) is 0 Å². The van der Waals surface area contributed by atoms with Crippen LogP contribution in [-0.2, 0) is 0 Å². The Morgan fingerprint density at radius 2 is 2.14 bits per heavy atom.